The third-order valence-corrected chi connectivity index (χ3v) is 8.97. The van der Waals surface area contributed by atoms with Gasteiger partial charge in [0.2, 0.25) is 5.91 Å². The Morgan fingerprint density at radius 1 is 1.21 bits per heavy atom. The quantitative estimate of drug-likeness (QED) is 0.396. The number of fused-ring (bicyclic) bond motifs is 3. The summed E-state index contributed by atoms with van der Waals surface area (Å²) in [7, 11) is 0. The van der Waals surface area contributed by atoms with Gasteiger partial charge < -0.3 is 5.32 Å². The van der Waals surface area contributed by atoms with Crippen LogP contribution in [-0.4, -0.2) is 27.3 Å². The summed E-state index contributed by atoms with van der Waals surface area (Å²) in [5.74, 6) is 0.0581. The van der Waals surface area contributed by atoms with Crippen LogP contribution in [0.5, 0.6) is 0 Å². The van der Waals surface area contributed by atoms with Gasteiger partial charge in [-0.15, -0.1) is 11.3 Å². The van der Waals surface area contributed by atoms with Crippen LogP contribution in [0.2, 0.25) is 0 Å². The predicted octanol–water partition coefficient (Wildman–Crippen LogP) is 5.25. The van der Waals surface area contributed by atoms with Crippen molar-refractivity contribution in [1.29, 1.82) is 0 Å². The molecule has 2 aliphatic rings. The third-order valence-electron chi connectivity index (χ3n) is 6.84. The molecule has 1 fully saturated rings. The van der Waals surface area contributed by atoms with E-state index in [1.165, 1.54) is 33.7 Å². The van der Waals surface area contributed by atoms with Crippen molar-refractivity contribution in [2.24, 2.45) is 5.92 Å². The summed E-state index contributed by atoms with van der Waals surface area (Å²) in [5.41, 5.74) is 1.01. The normalized spacial score (nSPS) is 20.5. The molecule has 8 heteroatoms. The molecule has 33 heavy (non-hydrogen) atoms. The summed E-state index contributed by atoms with van der Waals surface area (Å²) in [6, 6.07) is 6.45. The lowest BCUT2D eigenvalue weighted by Gasteiger charge is -2.29. The molecule has 1 N–H and O–H groups in total. The van der Waals surface area contributed by atoms with Crippen molar-refractivity contribution in [3.05, 3.63) is 50.9 Å². The number of thiophene rings is 1. The van der Waals surface area contributed by atoms with Crippen LogP contribution in [0.25, 0.3) is 15.9 Å². The van der Waals surface area contributed by atoms with Crippen molar-refractivity contribution in [1.82, 2.24) is 14.9 Å². The molecule has 2 aliphatic carbocycles. The van der Waals surface area contributed by atoms with Crippen LogP contribution in [0.3, 0.4) is 0 Å². The minimum absolute atomic E-state index is 0.0707. The van der Waals surface area contributed by atoms with Gasteiger partial charge in [0, 0.05) is 10.9 Å². The molecule has 1 amide bonds. The minimum Gasteiger partial charge on any atom is -0.352 e. The first-order chi connectivity index (χ1) is 16.0. The lowest BCUT2D eigenvalue weighted by Crippen LogP contribution is -2.41. The minimum atomic E-state index is -0.479. The van der Waals surface area contributed by atoms with Crippen LogP contribution in [0.1, 0.15) is 55.9 Å². The molecule has 0 aliphatic heterocycles. The van der Waals surface area contributed by atoms with Gasteiger partial charge in [-0.05, 0) is 62.1 Å². The van der Waals surface area contributed by atoms with Crippen LogP contribution in [-0.2, 0) is 17.6 Å². The Morgan fingerprint density at radius 3 is 2.82 bits per heavy atom. The molecule has 0 saturated heterocycles. The van der Waals surface area contributed by atoms with E-state index in [-0.39, 0.29) is 28.9 Å². The molecule has 0 radical (unpaired) electrons. The number of rotatable bonds is 5. The number of hydrogen-bond acceptors (Lipinski definition) is 5. The molecule has 1 aromatic carbocycles. The topological polar surface area (TPSA) is 64.0 Å². The highest BCUT2D eigenvalue weighted by Gasteiger charge is 2.25. The Kier molecular flexibility index (Phi) is 6.56. The van der Waals surface area contributed by atoms with Crippen molar-refractivity contribution in [2.75, 3.05) is 5.75 Å². The number of nitrogens with one attached hydrogen (secondary N) is 1. The molecule has 2 unspecified atom stereocenters. The number of halogens is 1. The van der Waals surface area contributed by atoms with E-state index in [9.17, 15) is 14.0 Å². The van der Waals surface area contributed by atoms with Gasteiger partial charge in [-0.1, -0.05) is 43.7 Å². The monoisotopic (exact) mass is 485 g/mol. The molecule has 5 nitrogen and oxygen atoms in total. The molecule has 1 saturated carbocycles. The van der Waals surface area contributed by atoms with E-state index in [4.69, 9.17) is 4.98 Å². The second kappa shape index (κ2) is 9.58. The van der Waals surface area contributed by atoms with Crippen LogP contribution >= 0.6 is 23.1 Å². The lowest BCUT2D eigenvalue weighted by molar-refractivity contribution is -0.119. The van der Waals surface area contributed by atoms with Gasteiger partial charge in [0.15, 0.2) is 5.16 Å². The zero-order valence-corrected chi connectivity index (χ0v) is 20.4. The summed E-state index contributed by atoms with van der Waals surface area (Å²) < 4.78 is 16.1. The molecule has 5 rings (SSSR count). The second-order valence-electron chi connectivity index (χ2n) is 9.10. The highest BCUT2D eigenvalue weighted by molar-refractivity contribution is 7.99. The van der Waals surface area contributed by atoms with Crippen molar-refractivity contribution >= 4 is 39.2 Å². The first kappa shape index (κ1) is 22.6. The number of nitrogens with zero attached hydrogens (tertiary/aromatic N) is 2. The SMILES string of the molecule is CC1CCCCC1NC(=O)CSc1nc2sc3c(c2c(=O)n1-c1ccccc1F)CCCC3. The summed E-state index contributed by atoms with van der Waals surface area (Å²) in [4.78, 5) is 33.1. The molecular weight excluding hydrogens is 457 g/mol. The fourth-order valence-electron chi connectivity index (χ4n) is 5.04. The van der Waals surface area contributed by atoms with Gasteiger partial charge in [0.05, 0.1) is 16.8 Å². The molecular formula is C25H28FN3O2S2. The van der Waals surface area contributed by atoms with Crippen LogP contribution in [0, 0.1) is 11.7 Å². The molecule has 0 bridgehead atoms. The maximum atomic E-state index is 14.8. The Balaban J connectivity index is 1.50. The van der Waals surface area contributed by atoms with Crippen molar-refractivity contribution in [2.45, 2.75) is 69.5 Å². The van der Waals surface area contributed by atoms with E-state index in [0.29, 0.717) is 21.3 Å². The third kappa shape index (κ3) is 4.47. The average Bonchev–Trinajstić information content (AvgIpc) is 3.19. The summed E-state index contributed by atoms with van der Waals surface area (Å²) >= 11 is 2.77. The van der Waals surface area contributed by atoms with Crippen molar-refractivity contribution < 1.29 is 9.18 Å². The molecule has 2 aromatic heterocycles. The summed E-state index contributed by atoms with van der Waals surface area (Å²) in [6.07, 6.45) is 8.46. The number of carbonyl (C=O) groups excluding carboxylic acids is 1. The van der Waals surface area contributed by atoms with E-state index in [0.717, 1.165) is 50.5 Å². The van der Waals surface area contributed by atoms with Gasteiger partial charge >= 0.3 is 0 Å². The lowest BCUT2D eigenvalue weighted by atomic mass is 9.86. The zero-order chi connectivity index (χ0) is 22.9. The number of carbonyl (C=O) groups is 1. The zero-order valence-electron chi connectivity index (χ0n) is 18.7. The Morgan fingerprint density at radius 2 is 2.00 bits per heavy atom. The number of thioether (sulfide) groups is 1. The Labute approximate surface area is 200 Å². The number of aromatic nitrogens is 2. The fraction of sp³-hybridized carbons (Fsp3) is 0.480. The highest BCUT2D eigenvalue weighted by atomic mass is 32.2. The van der Waals surface area contributed by atoms with Gasteiger partial charge in [-0.25, -0.2) is 9.37 Å². The predicted molar refractivity (Wildman–Crippen MR) is 132 cm³/mol. The smallest absolute Gasteiger partial charge is 0.267 e. The number of benzene rings is 1. The second-order valence-corrected chi connectivity index (χ2v) is 11.1. The highest BCUT2D eigenvalue weighted by Crippen LogP contribution is 2.35. The summed E-state index contributed by atoms with van der Waals surface area (Å²) in [5, 5.41) is 4.13. The van der Waals surface area contributed by atoms with Crippen molar-refractivity contribution in [3.63, 3.8) is 0 Å². The number of hydrogen-bond donors (Lipinski definition) is 1. The van der Waals surface area contributed by atoms with Crippen LogP contribution in [0.4, 0.5) is 4.39 Å². The average molecular weight is 486 g/mol. The number of para-hydroxylation sites is 1. The number of amides is 1. The fourth-order valence-corrected chi connectivity index (χ4v) is 7.16. The Hall–Kier alpha value is -2.19. The first-order valence-electron chi connectivity index (χ1n) is 11.8. The summed E-state index contributed by atoms with van der Waals surface area (Å²) in [6.45, 7) is 2.18. The molecule has 2 atom stereocenters. The number of aryl methyl sites for hydroxylation is 2. The van der Waals surface area contributed by atoms with Crippen molar-refractivity contribution in [3.8, 4) is 5.69 Å². The largest absolute Gasteiger partial charge is 0.352 e. The van der Waals surface area contributed by atoms with Gasteiger partial charge in [-0.3, -0.25) is 14.2 Å². The molecule has 2 heterocycles. The van der Waals surface area contributed by atoms with Gasteiger partial charge in [0.25, 0.3) is 5.56 Å². The Bertz CT molecular complexity index is 1250. The van der Waals surface area contributed by atoms with E-state index in [1.54, 1.807) is 29.5 Å². The van der Waals surface area contributed by atoms with E-state index < -0.39 is 5.82 Å². The van der Waals surface area contributed by atoms with Crippen LogP contribution < -0.4 is 10.9 Å². The molecule has 3 aromatic rings. The first-order valence-corrected chi connectivity index (χ1v) is 13.6. The van der Waals surface area contributed by atoms with E-state index >= 15 is 0 Å². The van der Waals surface area contributed by atoms with E-state index in [2.05, 4.69) is 12.2 Å². The molecule has 0 spiro atoms. The van der Waals surface area contributed by atoms with Gasteiger partial charge in [-0.2, -0.15) is 0 Å². The molecule has 174 valence electrons. The van der Waals surface area contributed by atoms with E-state index in [1.807, 2.05) is 0 Å². The van der Waals surface area contributed by atoms with Crippen LogP contribution in [0.15, 0.2) is 34.2 Å². The maximum Gasteiger partial charge on any atom is 0.267 e. The maximum absolute atomic E-state index is 14.8. The standard InChI is InChI=1S/C25H28FN3O2S2/c1-15-8-2-5-11-18(15)27-21(30)14-32-25-28-23-22(16-9-3-7-13-20(16)33-23)24(31)29(25)19-12-6-4-10-17(19)26/h4,6,10,12,15,18H,2-3,5,7-9,11,13-14H2,1H3,(H,27,30). The van der Waals surface area contributed by atoms with Gasteiger partial charge in [0.1, 0.15) is 10.6 Å².